The van der Waals surface area contributed by atoms with Gasteiger partial charge in [-0.2, -0.15) is 0 Å². The third-order valence-electron chi connectivity index (χ3n) is 5.01. The maximum Gasteiger partial charge on any atom is 0.310 e. The summed E-state index contributed by atoms with van der Waals surface area (Å²) < 4.78 is 4.76. The number of hydrogen-bond acceptors (Lipinski definition) is 4. The minimum atomic E-state index is -0.376. The smallest absolute Gasteiger partial charge is 0.310 e. The Morgan fingerprint density at radius 1 is 1.26 bits per heavy atom. The van der Waals surface area contributed by atoms with Gasteiger partial charge in [0.2, 0.25) is 5.91 Å². The predicted octanol–water partition coefficient (Wildman–Crippen LogP) is 2.76. The molecule has 1 amide bonds. The molecule has 2 atom stereocenters. The summed E-state index contributed by atoms with van der Waals surface area (Å²) in [6.45, 7) is 3.96. The molecule has 0 heterocycles. The van der Waals surface area contributed by atoms with Gasteiger partial charge in [-0.1, -0.05) is 46.0 Å². The van der Waals surface area contributed by atoms with Crippen LogP contribution in [0.3, 0.4) is 0 Å². The van der Waals surface area contributed by atoms with Crippen molar-refractivity contribution < 1.29 is 19.4 Å². The van der Waals surface area contributed by atoms with E-state index in [1.165, 1.54) is 39.2 Å². The van der Waals surface area contributed by atoms with Crippen molar-refractivity contribution in [1.29, 1.82) is 0 Å². The van der Waals surface area contributed by atoms with Gasteiger partial charge in [0.25, 0.3) is 0 Å². The van der Waals surface area contributed by atoms with Crippen LogP contribution >= 0.6 is 0 Å². The Hall–Kier alpha value is -1.10. The molecule has 0 aromatic carbocycles. The Bertz CT molecular complexity index is 362. The van der Waals surface area contributed by atoms with Crippen molar-refractivity contribution in [1.82, 2.24) is 4.90 Å². The average molecular weight is 327 g/mol. The number of ether oxygens (including phenoxy) is 1. The number of hydrogen-bond donors (Lipinski definition) is 1. The molecule has 1 fully saturated rings. The molecule has 0 aromatic rings. The molecule has 1 aliphatic carbocycles. The highest BCUT2D eigenvalue weighted by Crippen LogP contribution is 2.27. The molecule has 1 saturated carbocycles. The average Bonchev–Trinajstić information content (AvgIpc) is 2.59. The minimum Gasteiger partial charge on any atom is -0.469 e. The van der Waals surface area contributed by atoms with Crippen LogP contribution in [0.5, 0.6) is 0 Å². The number of esters is 1. The Labute approximate surface area is 140 Å². The molecule has 5 heteroatoms. The fourth-order valence-electron chi connectivity index (χ4n) is 3.42. The first kappa shape index (κ1) is 19.9. The first-order valence-electron chi connectivity index (χ1n) is 9.01. The van der Waals surface area contributed by atoms with Crippen molar-refractivity contribution in [2.75, 3.05) is 20.3 Å². The molecule has 0 saturated heterocycles. The molecule has 0 aromatic heterocycles. The summed E-state index contributed by atoms with van der Waals surface area (Å²) in [7, 11) is 1.36. The van der Waals surface area contributed by atoms with Gasteiger partial charge in [-0.15, -0.1) is 0 Å². The van der Waals surface area contributed by atoms with E-state index in [2.05, 4.69) is 0 Å². The van der Waals surface area contributed by atoms with E-state index in [1.807, 2.05) is 6.92 Å². The molecule has 23 heavy (non-hydrogen) atoms. The predicted molar refractivity (Wildman–Crippen MR) is 89.9 cm³/mol. The Kier molecular flexibility index (Phi) is 9.22. The van der Waals surface area contributed by atoms with Gasteiger partial charge in [-0.3, -0.25) is 9.59 Å². The van der Waals surface area contributed by atoms with Gasteiger partial charge in [0.1, 0.15) is 0 Å². The SMILES string of the molecule is CCC(CO)N(CC(C)C(=O)OC)C(=O)CCC1CCCCC1. The van der Waals surface area contributed by atoms with Crippen LogP contribution in [0.2, 0.25) is 0 Å². The van der Waals surface area contributed by atoms with E-state index in [0.717, 1.165) is 6.42 Å². The van der Waals surface area contributed by atoms with Crippen LogP contribution in [0.25, 0.3) is 0 Å². The Morgan fingerprint density at radius 2 is 1.91 bits per heavy atom. The molecule has 0 radical (unpaired) electrons. The number of rotatable bonds is 9. The van der Waals surface area contributed by atoms with E-state index >= 15 is 0 Å². The number of aliphatic hydroxyl groups is 1. The molecule has 1 aliphatic rings. The zero-order valence-electron chi connectivity index (χ0n) is 14.9. The molecule has 5 nitrogen and oxygen atoms in total. The lowest BCUT2D eigenvalue weighted by Gasteiger charge is -2.32. The van der Waals surface area contributed by atoms with Gasteiger partial charge in [-0.05, 0) is 18.8 Å². The number of aliphatic hydroxyl groups excluding tert-OH is 1. The van der Waals surface area contributed by atoms with E-state index in [4.69, 9.17) is 4.74 Å². The fraction of sp³-hybridized carbons (Fsp3) is 0.889. The number of carbonyl (C=O) groups is 2. The molecule has 2 unspecified atom stereocenters. The summed E-state index contributed by atoms with van der Waals surface area (Å²) in [6, 6.07) is -0.221. The molecule has 1 N–H and O–H groups in total. The molecular formula is C18H33NO4. The van der Waals surface area contributed by atoms with E-state index < -0.39 is 0 Å². The molecule has 0 bridgehead atoms. The third kappa shape index (κ3) is 6.50. The van der Waals surface area contributed by atoms with Crippen LogP contribution in [-0.2, 0) is 14.3 Å². The zero-order valence-corrected chi connectivity index (χ0v) is 14.9. The van der Waals surface area contributed by atoms with Crippen LogP contribution in [0.1, 0.15) is 65.2 Å². The number of methoxy groups -OCH3 is 1. The number of carbonyl (C=O) groups excluding carboxylic acids is 2. The minimum absolute atomic E-state index is 0.0484. The first-order valence-corrected chi connectivity index (χ1v) is 9.01. The van der Waals surface area contributed by atoms with Gasteiger partial charge in [-0.25, -0.2) is 0 Å². The summed E-state index contributed by atoms with van der Waals surface area (Å²) in [5, 5.41) is 9.56. The van der Waals surface area contributed by atoms with Gasteiger partial charge >= 0.3 is 5.97 Å². The van der Waals surface area contributed by atoms with Crippen LogP contribution in [-0.4, -0.2) is 48.2 Å². The Morgan fingerprint density at radius 3 is 2.43 bits per heavy atom. The highest BCUT2D eigenvalue weighted by Gasteiger charge is 2.27. The maximum absolute atomic E-state index is 12.7. The zero-order chi connectivity index (χ0) is 17.2. The van der Waals surface area contributed by atoms with E-state index in [9.17, 15) is 14.7 Å². The summed E-state index contributed by atoms with van der Waals surface area (Å²) in [6.07, 6.45) is 8.42. The van der Waals surface area contributed by atoms with Gasteiger partial charge in [0, 0.05) is 13.0 Å². The maximum atomic E-state index is 12.7. The largest absolute Gasteiger partial charge is 0.469 e. The van der Waals surface area contributed by atoms with Crippen LogP contribution in [0.15, 0.2) is 0 Å². The van der Waals surface area contributed by atoms with Crippen LogP contribution in [0.4, 0.5) is 0 Å². The second-order valence-electron chi connectivity index (χ2n) is 6.76. The Balaban J connectivity index is 2.61. The first-order chi connectivity index (χ1) is 11.0. The standard InChI is InChI=1S/C18H33NO4/c1-4-16(13-20)19(12-14(2)18(22)23-3)17(21)11-10-15-8-6-5-7-9-15/h14-16,20H,4-13H2,1-3H3. The normalized spacial score (nSPS) is 18.3. The lowest BCUT2D eigenvalue weighted by Crippen LogP contribution is -2.45. The van der Waals surface area contributed by atoms with Crippen LogP contribution in [0, 0.1) is 11.8 Å². The van der Waals surface area contributed by atoms with Gasteiger partial charge in [0.05, 0.1) is 25.7 Å². The van der Waals surface area contributed by atoms with Crippen LogP contribution < -0.4 is 0 Å². The van der Waals surface area contributed by atoms with Crippen molar-refractivity contribution >= 4 is 11.9 Å². The van der Waals surface area contributed by atoms with Gasteiger partial charge < -0.3 is 14.7 Å². The molecule has 0 aliphatic heterocycles. The van der Waals surface area contributed by atoms with Crippen molar-refractivity contribution in [2.24, 2.45) is 11.8 Å². The molecule has 0 spiro atoms. The summed E-state index contributed by atoms with van der Waals surface area (Å²) >= 11 is 0. The highest BCUT2D eigenvalue weighted by molar-refractivity contribution is 5.78. The van der Waals surface area contributed by atoms with Crippen molar-refractivity contribution in [2.45, 2.75) is 71.3 Å². The molecule has 134 valence electrons. The quantitative estimate of drug-likeness (QED) is 0.661. The van der Waals surface area contributed by atoms with Crippen molar-refractivity contribution in [3.63, 3.8) is 0 Å². The fourth-order valence-corrected chi connectivity index (χ4v) is 3.42. The summed E-state index contributed by atoms with van der Waals surface area (Å²) in [5.74, 6) is 0.0103. The lowest BCUT2D eigenvalue weighted by atomic mass is 9.86. The van der Waals surface area contributed by atoms with E-state index in [1.54, 1.807) is 11.8 Å². The summed E-state index contributed by atoms with van der Waals surface area (Å²) in [4.78, 5) is 26.0. The highest BCUT2D eigenvalue weighted by atomic mass is 16.5. The number of amides is 1. The molecular weight excluding hydrogens is 294 g/mol. The molecule has 1 rings (SSSR count). The second kappa shape index (κ2) is 10.6. The lowest BCUT2D eigenvalue weighted by molar-refractivity contribution is -0.147. The second-order valence-corrected chi connectivity index (χ2v) is 6.76. The monoisotopic (exact) mass is 327 g/mol. The topological polar surface area (TPSA) is 66.8 Å². The third-order valence-corrected chi connectivity index (χ3v) is 5.01. The van der Waals surface area contributed by atoms with E-state index in [-0.39, 0.29) is 30.4 Å². The summed E-state index contributed by atoms with van der Waals surface area (Å²) in [5.41, 5.74) is 0. The number of nitrogens with zero attached hydrogens (tertiary/aromatic N) is 1. The van der Waals surface area contributed by atoms with Crippen molar-refractivity contribution in [3.8, 4) is 0 Å². The van der Waals surface area contributed by atoms with Crippen molar-refractivity contribution in [3.05, 3.63) is 0 Å². The van der Waals surface area contributed by atoms with Gasteiger partial charge in [0.15, 0.2) is 0 Å². The van der Waals surface area contributed by atoms with E-state index in [0.29, 0.717) is 25.3 Å².